The second-order valence-electron chi connectivity index (χ2n) is 13.8. The normalized spacial score (nSPS) is 17.6. The summed E-state index contributed by atoms with van der Waals surface area (Å²) in [4.78, 5) is 55.6. The van der Waals surface area contributed by atoms with Crippen molar-refractivity contribution >= 4 is 57.7 Å². The van der Waals surface area contributed by atoms with Gasteiger partial charge >= 0.3 is 0 Å². The van der Waals surface area contributed by atoms with Crippen LogP contribution in [0.3, 0.4) is 0 Å². The average Bonchev–Trinajstić information content (AvgIpc) is 3.61. The summed E-state index contributed by atoms with van der Waals surface area (Å²) in [5.41, 5.74) is 5.84. The summed E-state index contributed by atoms with van der Waals surface area (Å²) < 4.78 is 5.57. The molecule has 0 unspecified atom stereocenters. The second kappa shape index (κ2) is 14.2. The Kier molecular flexibility index (Phi) is 9.58. The maximum atomic E-state index is 14.2. The van der Waals surface area contributed by atoms with E-state index < -0.39 is 6.04 Å². The Morgan fingerprint density at radius 1 is 1.02 bits per heavy atom. The number of hydrogen-bond donors (Lipinski definition) is 2. The molecule has 2 saturated heterocycles. The number of amides is 3. The molecular weight excluding hydrogens is 661 g/mol. The molecule has 4 aromatic rings. The zero-order chi connectivity index (χ0) is 35.7. The molecule has 2 fully saturated rings. The van der Waals surface area contributed by atoms with Gasteiger partial charge in [-0.3, -0.25) is 19.3 Å². The van der Waals surface area contributed by atoms with Crippen LogP contribution in [-0.2, 0) is 4.74 Å². The van der Waals surface area contributed by atoms with E-state index in [1.165, 1.54) is 11.3 Å². The molecule has 0 aliphatic carbocycles. The lowest BCUT2D eigenvalue weighted by Crippen LogP contribution is -2.59. The molecule has 2 N–H and O–H groups in total. The summed E-state index contributed by atoms with van der Waals surface area (Å²) in [6, 6.07) is 19.7. The van der Waals surface area contributed by atoms with Crippen LogP contribution in [0.5, 0.6) is 0 Å². The van der Waals surface area contributed by atoms with Crippen LogP contribution in [0.25, 0.3) is 0 Å². The Morgan fingerprint density at radius 3 is 2.51 bits per heavy atom. The number of aryl methyl sites for hydroxylation is 1. The molecule has 0 bridgehead atoms. The minimum Gasteiger partial charge on any atom is -0.381 e. The molecule has 0 saturated carbocycles. The van der Waals surface area contributed by atoms with Crippen molar-refractivity contribution in [3.05, 3.63) is 112 Å². The zero-order valence-corrected chi connectivity index (χ0v) is 30.0. The number of carbonyl (C=O) groups is 3. The average molecular weight is 703 g/mol. The molecule has 0 radical (unpaired) electrons. The maximum absolute atomic E-state index is 14.2. The van der Waals surface area contributed by atoms with Gasteiger partial charge < -0.3 is 20.3 Å². The number of aliphatic imine (C=N–C) groups is 1. The van der Waals surface area contributed by atoms with Crippen molar-refractivity contribution in [1.29, 1.82) is 0 Å². The van der Waals surface area contributed by atoms with Crippen molar-refractivity contribution < 1.29 is 19.1 Å². The third-order valence-corrected chi connectivity index (χ3v) is 11.0. The number of benzene rings is 2. The number of aromatic nitrogens is 1. The van der Waals surface area contributed by atoms with Gasteiger partial charge in [-0.2, -0.15) is 0 Å². The number of pyridine rings is 1. The van der Waals surface area contributed by atoms with Crippen molar-refractivity contribution in [1.82, 2.24) is 10.3 Å². The van der Waals surface area contributed by atoms with E-state index in [0.717, 1.165) is 61.6 Å². The Morgan fingerprint density at radius 2 is 1.76 bits per heavy atom. The van der Waals surface area contributed by atoms with E-state index in [1.54, 1.807) is 41.4 Å². The fourth-order valence-corrected chi connectivity index (χ4v) is 7.98. The van der Waals surface area contributed by atoms with Gasteiger partial charge in [0.1, 0.15) is 5.82 Å². The molecule has 10 nitrogen and oxygen atoms in total. The van der Waals surface area contributed by atoms with Crippen molar-refractivity contribution in [2.24, 2.45) is 10.4 Å². The molecule has 11 heteroatoms. The van der Waals surface area contributed by atoms with Crippen molar-refractivity contribution in [3.63, 3.8) is 0 Å². The van der Waals surface area contributed by atoms with E-state index in [9.17, 15) is 14.4 Å². The van der Waals surface area contributed by atoms with Gasteiger partial charge in [-0.05, 0) is 100 Å². The zero-order valence-electron chi connectivity index (χ0n) is 29.2. The predicted octanol–water partition coefficient (Wildman–Crippen LogP) is 7.19. The number of rotatable bonds is 9. The molecule has 5 heterocycles. The smallest absolute Gasteiger partial charge is 0.261 e. The highest BCUT2D eigenvalue weighted by Crippen LogP contribution is 2.43. The van der Waals surface area contributed by atoms with E-state index in [0.29, 0.717) is 51.1 Å². The fourth-order valence-electron chi connectivity index (χ4n) is 6.99. The first kappa shape index (κ1) is 34.3. The first-order valence-electron chi connectivity index (χ1n) is 17.4. The lowest BCUT2D eigenvalue weighted by Gasteiger charge is -2.53. The van der Waals surface area contributed by atoms with Crippen LogP contribution in [0.15, 0.2) is 90.1 Å². The number of hydrogen-bond acceptors (Lipinski definition) is 8. The van der Waals surface area contributed by atoms with E-state index in [2.05, 4.69) is 27.1 Å². The molecule has 1 spiro atoms. The number of thiophene rings is 1. The van der Waals surface area contributed by atoms with Crippen LogP contribution < -0.4 is 20.4 Å². The number of ether oxygens (including phenoxy) is 1. The van der Waals surface area contributed by atoms with Gasteiger partial charge in [0.05, 0.1) is 38.4 Å². The van der Waals surface area contributed by atoms with Gasteiger partial charge in [0.15, 0.2) is 0 Å². The minimum atomic E-state index is -0.404. The quantitative estimate of drug-likeness (QED) is 0.179. The van der Waals surface area contributed by atoms with Crippen molar-refractivity contribution in [2.75, 3.05) is 48.0 Å². The topological polar surface area (TPSA) is 116 Å². The first-order valence-corrected chi connectivity index (χ1v) is 18.2. The highest BCUT2D eigenvalue weighted by Gasteiger charge is 2.45. The lowest BCUT2D eigenvalue weighted by molar-refractivity contribution is -0.000511. The molecule has 262 valence electrons. The SMILES string of the molecule is C=C(C)CCNC(=O)c1ccc(C2=Nc3ccccc3N(C(=O)c3ccc(NC(=O)c4cc(C)cnc4N4CC5(CCOCC5)C4)cc3)[C@@H]2C)s1. The molecule has 3 aliphatic heterocycles. The maximum Gasteiger partial charge on any atom is 0.261 e. The molecular formula is C40H42N6O4S. The summed E-state index contributed by atoms with van der Waals surface area (Å²) in [6.45, 7) is 13.5. The number of nitrogens with zero attached hydrogens (tertiary/aromatic N) is 4. The summed E-state index contributed by atoms with van der Waals surface area (Å²) in [5.74, 6) is 0.112. The Hall–Kier alpha value is -5.13. The van der Waals surface area contributed by atoms with Crippen LogP contribution >= 0.6 is 11.3 Å². The van der Waals surface area contributed by atoms with E-state index in [4.69, 9.17) is 9.73 Å². The van der Waals surface area contributed by atoms with Crippen LogP contribution in [0.2, 0.25) is 0 Å². The van der Waals surface area contributed by atoms with E-state index in [1.807, 2.05) is 57.2 Å². The van der Waals surface area contributed by atoms with Gasteiger partial charge in [-0.25, -0.2) is 9.98 Å². The molecule has 7 rings (SSSR count). The number of carbonyl (C=O) groups excluding carboxylic acids is 3. The highest BCUT2D eigenvalue weighted by molar-refractivity contribution is 7.16. The molecule has 51 heavy (non-hydrogen) atoms. The Balaban J connectivity index is 1.06. The minimum absolute atomic E-state index is 0.143. The van der Waals surface area contributed by atoms with Crippen LogP contribution in [0.4, 0.5) is 22.9 Å². The van der Waals surface area contributed by atoms with Gasteiger partial charge in [0.2, 0.25) is 0 Å². The van der Waals surface area contributed by atoms with Crippen molar-refractivity contribution in [2.45, 2.75) is 46.1 Å². The largest absolute Gasteiger partial charge is 0.381 e. The Bertz CT molecular complexity index is 2020. The highest BCUT2D eigenvalue weighted by atomic mass is 32.1. The van der Waals surface area contributed by atoms with Gasteiger partial charge in [0, 0.05) is 55.7 Å². The Labute approximate surface area is 302 Å². The molecule has 2 aromatic heterocycles. The third-order valence-electron chi connectivity index (χ3n) is 9.85. The second-order valence-corrected chi connectivity index (χ2v) is 14.9. The summed E-state index contributed by atoms with van der Waals surface area (Å²) >= 11 is 1.36. The monoisotopic (exact) mass is 702 g/mol. The number of para-hydroxylation sites is 2. The van der Waals surface area contributed by atoms with Crippen LogP contribution in [0.1, 0.15) is 73.9 Å². The lowest BCUT2D eigenvalue weighted by atomic mass is 9.73. The molecule has 3 aliphatic rings. The van der Waals surface area contributed by atoms with E-state index >= 15 is 0 Å². The fraction of sp³-hybridized carbons (Fsp3) is 0.325. The van der Waals surface area contributed by atoms with Gasteiger partial charge in [-0.15, -0.1) is 17.9 Å². The van der Waals surface area contributed by atoms with E-state index in [-0.39, 0.29) is 23.1 Å². The van der Waals surface area contributed by atoms with Crippen molar-refractivity contribution in [3.8, 4) is 0 Å². The summed E-state index contributed by atoms with van der Waals surface area (Å²) in [6.07, 6.45) is 4.58. The predicted molar refractivity (Wildman–Crippen MR) is 203 cm³/mol. The van der Waals surface area contributed by atoms with Crippen LogP contribution in [-0.4, -0.2) is 67.3 Å². The number of nitrogens with one attached hydrogen (secondary N) is 2. The van der Waals surface area contributed by atoms with Gasteiger partial charge in [0.25, 0.3) is 17.7 Å². The third kappa shape index (κ3) is 7.09. The first-order chi connectivity index (χ1) is 24.6. The summed E-state index contributed by atoms with van der Waals surface area (Å²) in [7, 11) is 0. The molecule has 3 amide bonds. The molecule has 2 aromatic carbocycles. The van der Waals surface area contributed by atoms with Gasteiger partial charge in [-0.1, -0.05) is 17.7 Å². The number of fused-ring (bicyclic) bond motifs is 1. The number of anilines is 3. The molecule has 1 atom stereocenters. The van der Waals surface area contributed by atoms with Crippen LogP contribution in [0, 0.1) is 12.3 Å². The standard InChI is InChI=1S/C40H42N6O4S/c1-25(2)15-18-41-38(48)34-14-13-33(51-34)35-27(4)46(32-8-6-5-7-31(32)44-35)39(49)28-9-11-29(12-10-28)43-37(47)30-21-26(3)22-42-36(30)45-23-40(24-45)16-19-50-20-17-40/h5-14,21-22,27H,1,15-20,23-24H2,2-4H3,(H,41,48)(H,43,47)/t27-/m1/s1. The summed E-state index contributed by atoms with van der Waals surface area (Å²) in [5, 5.41) is 5.97.